The number of benzene rings is 2. The minimum atomic E-state index is -0.113. The van der Waals surface area contributed by atoms with Gasteiger partial charge in [-0.2, -0.15) is 0 Å². The largest absolute Gasteiger partial charge is 0.355 e. The van der Waals surface area contributed by atoms with E-state index >= 15 is 0 Å². The van der Waals surface area contributed by atoms with Gasteiger partial charge in [-0.25, -0.2) is 0 Å². The van der Waals surface area contributed by atoms with E-state index in [4.69, 9.17) is 0 Å². The molecule has 2 aromatic carbocycles. The number of carbonyl (C=O) groups excluding carboxylic acids is 1. The monoisotopic (exact) mass is 358 g/mol. The summed E-state index contributed by atoms with van der Waals surface area (Å²) in [5, 5.41) is 11.6. The second kappa shape index (κ2) is 7.58. The highest BCUT2D eigenvalue weighted by molar-refractivity contribution is 6.04. The van der Waals surface area contributed by atoms with Crippen LogP contribution in [0, 0.1) is 6.92 Å². The quantitative estimate of drug-likeness (QED) is 0.755. The molecule has 1 N–H and O–H groups in total. The van der Waals surface area contributed by atoms with Gasteiger partial charge in [0, 0.05) is 29.9 Å². The van der Waals surface area contributed by atoms with Crippen LogP contribution in [0.4, 0.5) is 11.5 Å². The number of hydrogen-bond acceptors (Lipinski definition) is 4. The molecule has 4 rings (SSSR count). The molecule has 0 atom stereocenters. The second-order valence-corrected chi connectivity index (χ2v) is 6.87. The molecular weight excluding hydrogens is 336 g/mol. The zero-order chi connectivity index (χ0) is 18.6. The number of hydrogen-bond donors (Lipinski definition) is 1. The fourth-order valence-corrected chi connectivity index (χ4v) is 3.23. The van der Waals surface area contributed by atoms with Crippen molar-refractivity contribution in [3.63, 3.8) is 0 Å². The predicted molar refractivity (Wildman–Crippen MR) is 108 cm³/mol. The molecule has 5 nitrogen and oxygen atoms in total. The van der Waals surface area contributed by atoms with Crippen LogP contribution in [0.2, 0.25) is 0 Å². The molecule has 0 saturated carbocycles. The fourth-order valence-electron chi connectivity index (χ4n) is 3.23. The minimum absolute atomic E-state index is 0.113. The summed E-state index contributed by atoms with van der Waals surface area (Å²) in [6.45, 7) is 4.12. The Morgan fingerprint density at radius 3 is 2.22 bits per heavy atom. The maximum absolute atomic E-state index is 12.3. The van der Waals surface area contributed by atoms with Crippen molar-refractivity contribution >= 4 is 17.4 Å². The van der Waals surface area contributed by atoms with Gasteiger partial charge in [-0.05, 0) is 56.2 Å². The topological polar surface area (TPSA) is 58.1 Å². The van der Waals surface area contributed by atoms with Crippen LogP contribution >= 0.6 is 0 Å². The maximum Gasteiger partial charge on any atom is 0.255 e. The molecule has 0 aliphatic carbocycles. The summed E-state index contributed by atoms with van der Waals surface area (Å²) >= 11 is 0. The Balaban J connectivity index is 1.44. The van der Waals surface area contributed by atoms with Gasteiger partial charge in [0.05, 0.1) is 5.69 Å². The fraction of sp³-hybridized carbons (Fsp3) is 0.227. The first kappa shape index (κ1) is 17.2. The number of rotatable bonds is 4. The van der Waals surface area contributed by atoms with Gasteiger partial charge in [0.15, 0.2) is 5.82 Å². The SMILES string of the molecule is Cc1ccc(C(=O)Nc2ccc(-c3ccc(N4CCCC4)nn3)cc2)cc1. The smallest absolute Gasteiger partial charge is 0.255 e. The van der Waals surface area contributed by atoms with E-state index in [9.17, 15) is 4.79 Å². The van der Waals surface area contributed by atoms with Crippen LogP contribution in [0.15, 0.2) is 60.7 Å². The van der Waals surface area contributed by atoms with Crippen LogP contribution in [0.5, 0.6) is 0 Å². The Kier molecular flexibility index (Phi) is 4.83. The lowest BCUT2D eigenvalue weighted by atomic mass is 10.1. The Bertz CT molecular complexity index is 912. The molecule has 1 amide bonds. The van der Waals surface area contributed by atoms with Gasteiger partial charge in [-0.1, -0.05) is 29.8 Å². The van der Waals surface area contributed by atoms with E-state index in [0.717, 1.165) is 41.4 Å². The minimum Gasteiger partial charge on any atom is -0.355 e. The molecule has 27 heavy (non-hydrogen) atoms. The summed E-state index contributed by atoms with van der Waals surface area (Å²) in [4.78, 5) is 14.6. The average molecular weight is 358 g/mol. The number of aryl methyl sites for hydroxylation is 1. The Labute approximate surface area is 159 Å². The number of nitrogens with zero attached hydrogens (tertiary/aromatic N) is 3. The Morgan fingerprint density at radius 2 is 1.59 bits per heavy atom. The summed E-state index contributed by atoms with van der Waals surface area (Å²) in [6, 6.07) is 19.2. The van der Waals surface area contributed by atoms with E-state index in [-0.39, 0.29) is 5.91 Å². The number of anilines is 2. The van der Waals surface area contributed by atoms with E-state index in [1.807, 2.05) is 67.6 Å². The van der Waals surface area contributed by atoms with Crippen molar-refractivity contribution in [2.75, 3.05) is 23.3 Å². The zero-order valence-corrected chi connectivity index (χ0v) is 15.4. The van der Waals surface area contributed by atoms with Gasteiger partial charge >= 0.3 is 0 Å². The molecular formula is C22H22N4O. The van der Waals surface area contributed by atoms with Crippen molar-refractivity contribution in [3.05, 3.63) is 71.8 Å². The summed E-state index contributed by atoms with van der Waals surface area (Å²) in [6.07, 6.45) is 2.44. The third-order valence-corrected chi connectivity index (χ3v) is 4.83. The van der Waals surface area contributed by atoms with E-state index < -0.39 is 0 Å². The average Bonchev–Trinajstić information content (AvgIpc) is 3.24. The Morgan fingerprint density at radius 1 is 0.889 bits per heavy atom. The lowest BCUT2D eigenvalue weighted by Crippen LogP contribution is -2.19. The number of carbonyl (C=O) groups is 1. The van der Waals surface area contributed by atoms with Gasteiger partial charge in [0.1, 0.15) is 0 Å². The highest BCUT2D eigenvalue weighted by atomic mass is 16.1. The lowest BCUT2D eigenvalue weighted by molar-refractivity contribution is 0.102. The van der Waals surface area contributed by atoms with E-state index in [1.165, 1.54) is 12.8 Å². The van der Waals surface area contributed by atoms with Crippen LogP contribution in [-0.2, 0) is 0 Å². The molecule has 0 spiro atoms. The highest BCUT2D eigenvalue weighted by Crippen LogP contribution is 2.22. The van der Waals surface area contributed by atoms with Crippen LogP contribution in [0.25, 0.3) is 11.3 Å². The number of aromatic nitrogens is 2. The molecule has 3 aromatic rings. The molecule has 0 unspecified atom stereocenters. The highest BCUT2D eigenvalue weighted by Gasteiger charge is 2.14. The van der Waals surface area contributed by atoms with Crippen molar-refractivity contribution in [3.8, 4) is 11.3 Å². The normalized spacial score (nSPS) is 13.6. The first-order valence-corrected chi connectivity index (χ1v) is 9.26. The summed E-state index contributed by atoms with van der Waals surface area (Å²) in [5.41, 5.74) is 4.34. The van der Waals surface area contributed by atoms with Crippen LogP contribution in [0.1, 0.15) is 28.8 Å². The maximum atomic E-state index is 12.3. The standard InChI is InChI=1S/C22H22N4O/c1-16-4-6-18(7-5-16)22(27)23-19-10-8-17(9-11-19)20-12-13-21(25-24-20)26-14-2-3-15-26/h4-13H,2-3,14-15H2,1H3,(H,23,27). The molecule has 1 aliphatic heterocycles. The van der Waals surface area contributed by atoms with Crippen LogP contribution in [-0.4, -0.2) is 29.2 Å². The molecule has 1 aliphatic rings. The van der Waals surface area contributed by atoms with Crippen LogP contribution < -0.4 is 10.2 Å². The van der Waals surface area contributed by atoms with Crippen molar-refractivity contribution in [1.29, 1.82) is 0 Å². The molecule has 1 fully saturated rings. The number of nitrogens with one attached hydrogen (secondary N) is 1. The van der Waals surface area contributed by atoms with Gasteiger partial charge in [0.25, 0.3) is 5.91 Å². The first-order chi connectivity index (χ1) is 13.2. The van der Waals surface area contributed by atoms with Gasteiger partial charge < -0.3 is 10.2 Å². The molecule has 1 aromatic heterocycles. The van der Waals surface area contributed by atoms with Crippen molar-refractivity contribution in [2.45, 2.75) is 19.8 Å². The lowest BCUT2D eigenvalue weighted by Gasteiger charge is -2.15. The van der Waals surface area contributed by atoms with E-state index in [2.05, 4.69) is 20.4 Å². The molecule has 1 saturated heterocycles. The van der Waals surface area contributed by atoms with Gasteiger partial charge in [0.2, 0.25) is 0 Å². The third-order valence-electron chi connectivity index (χ3n) is 4.83. The van der Waals surface area contributed by atoms with Gasteiger partial charge in [-0.3, -0.25) is 4.79 Å². The van der Waals surface area contributed by atoms with Crippen LogP contribution in [0.3, 0.4) is 0 Å². The third kappa shape index (κ3) is 3.97. The molecule has 0 radical (unpaired) electrons. The zero-order valence-electron chi connectivity index (χ0n) is 15.4. The van der Waals surface area contributed by atoms with Crippen molar-refractivity contribution in [2.24, 2.45) is 0 Å². The summed E-state index contributed by atoms with van der Waals surface area (Å²) in [7, 11) is 0. The Hall–Kier alpha value is -3.21. The van der Waals surface area contributed by atoms with Gasteiger partial charge in [-0.15, -0.1) is 10.2 Å². The summed E-state index contributed by atoms with van der Waals surface area (Å²) in [5.74, 6) is 0.829. The van der Waals surface area contributed by atoms with E-state index in [0.29, 0.717) is 5.56 Å². The summed E-state index contributed by atoms with van der Waals surface area (Å²) < 4.78 is 0. The molecule has 5 heteroatoms. The first-order valence-electron chi connectivity index (χ1n) is 9.26. The molecule has 2 heterocycles. The van der Waals surface area contributed by atoms with E-state index in [1.54, 1.807) is 0 Å². The second-order valence-electron chi connectivity index (χ2n) is 6.87. The molecule has 136 valence electrons. The van der Waals surface area contributed by atoms with Crippen molar-refractivity contribution in [1.82, 2.24) is 10.2 Å². The number of amides is 1. The van der Waals surface area contributed by atoms with Crippen molar-refractivity contribution < 1.29 is 4.79 Å². The molecule has 0 bridgehead atoms. The predicted octanol–water partition coefficient (Wildman–Crippen LogP) is 4.30.